The van der Waals surface area contributed by atoms with Gasteiger partial charge in [0.1, 0.15) is 17.3 Å². The molecule has 0 unspecified atom stereocenters. The predicted octanol–water partition coefficient (Wildman–Crippen LogP) is 0.982. The van der Waals surface area contributed by atoms with Gasteiger partial charge in [0.05, 0.1) is 18.8 Å². The maximum Gasteiger partial charge on any atom is 0.270 e. The Morgan fingerprint density at radius 3 is 2.77 bits per heavy atom. The molecule has 1 aromatic rings. The predicted molar refractivity (Wildman–Crippen MR) is 105 cm³/mol. The number of fused-ring (bicyclic) bond motifs is 2. The van der Waals surface area contributed by atoms with E-state index in [0.29, 0.717) is 24.2 Å². The van der Waals surface area contributed by atoms with Crippen molar-refractivity contribution in [2.45, 2.75) is 38.8 Å². The monoisotopic (exact) mass is 403 g/mol. The number of amides is 1. The number of hydrogen-bond donors (Lipinski definition) is 2. The third-order valence-electron chi connectivity index (χ3n) is 4.90. The Balaban J connectivity index is 0.00000121. The molecular weight excluding hydrogens is 377 g/mol. The molecule has 1 amide bonds. The zero-order valence-corrected chi connectivity index (χ0v) is 16.8. The van der Waals surface area contributed by atoms with Crippen LogP contribution in [-0.4, -0.2) is 60.8 Å². The summed E-state index contributed by atoms with van der Waals surface area (Å²) in [4.78, 5) is 24.0. The van der Waals surface area contributed by atoms with Crippen molar-refractivity contribution in [1.29, 1.82) is 0 Å². The number of anilines is 1. The van der Waals surface area contributed by atoms with E-state index >= 15 is 0 Å². The highest BCUT2D eigenvalue weighted by molar-refractivity contribution is 5.96. The maximum absolute atomic E-state index is 12.3. The van der Waals surface area contributed by atoms with Crippen LogP contribution in [0.3, 0.4) is 0 Å². The van der Waals surface area contributed by atoms with E-state index in [2.05, 4.69) is 34.4 Å². The van der Waals surface area contributed by atoms with Crippen LogP contribution < -0.4 is 15.5 Å². The molecule has 3 aliphatic rings. The molecule has 2 atom stereocenters. The zero-order valence-electron chi connectivity index (χ0n) is 15.2. The summed E-state index contributed by atoms with van der Waals surface area (Å²) >= 11 is 0. The Morgan fingerprint density at radius 1 is 1.23 bits per heavy atom. The summed E-state index contributed by atoms with van der Waals surface area (Å²) in [5.41, 5.74) is 1.55. The molecule has 0 aliphatic carbocycles. The van der Waals surface area contributed by atoms with Crippen molar-refractivity contribution in [3.63, 3.8) is 0 Å². The lowest BCUT2D eigenvalue weighted by Crippen LogP contribution is -2.47. The van der Waals surface area contributed by atoms with E-state index in [1.54, 1.807) is 0 Å². The first kappa shape index (κ1) is 21.2. The molecule has 2 fully saturated rings. The van der Waals surface area contributed by atoms with E-state index in [0.717, 1.165) is 56.3 Å². The van der Waals surface area contributed by atoms with Gasteiger partial charge in [0.2, 0.25) is 0 Å². The molecule has 9 heteroatoms. The van der Waals surface area contributed by atoms with Crippen molar-refractivity contribution in [2.24, 2.45) is 5.92 Å². The molecule has 0 saturated carbocycles. The van der Waals surface area contributed by atoms with E-state index in [-0.39, 0.29) is 36.8 Å². The summed E-state index contributed by atoms with van der Waals surface area (Å²) in [5.74, 6) is 2.08. The summed E-state index contributed by atoms with van der Waals surface area (Å²) in [6, 6.07) is 0.343. The average molecular weight is 404 g/mol. The molecule has 4 heterocycles. The molecule has 0 bridgehead atoms. The van der Waals surface area contributed by atoms with Gasteiger partial charge in [-0.1, -0.05) is 13.8 Å². The topological polar surface area (TPSA) is 79.4 Å². The van der Waals surface area contributed by atoms with Gasteiger partial charge in [-0.15, -0.1) is 24.8 Å². The first-order valence-electron chi connectivity index (χ1n) is 8.89. The van der Waals surface area contributed by atoms with Crippen molar-refractivity contribution in [1.82, 2.24) is 20.6 Å². The first-order chi connectivity index (χ1) is 11.6. The summed E-state index contributed by atoms with van der Waals surface area (Å²) < 4.78 is 5.89. The van der Waals surface area contributed by atoms with E-state index < -0.39 is 0 Å². The minimum Gasteiger partial charge on any atom is -0.373 e. The molecule has 0 spiro atoms. The molecule has 0 aromatic carbocycles. The highest BCUT2D eigenvalue weighted by Gasteiger charge is 2.38. The van der Waals surface area contributed by atoms with Crippen LogP contribution in [0.15, 0.2) is 0 Å². The second-order valence-electron chi connectivity index (χ2n) is 7.27. The van der Waals surface area contributed by atoms with E-state index in [4.69, 9.17) is 9.72 Å². The lowest BCUT2D eigenvalue weighted by atomic mass is 10.0. The Kier molecular flexibility index (Phi) is 7.07. The minimum absolute atomic E-state index is 0. The molecule has 2 saturated heterocycles. The van der Waals surface area contributed by atoms with Gasteiger partial charge in [-0.3, -0.25) is 4.79 Å². The molecule has 2 N–H and O–H groups in total. The Bertz CT molecular complexity index is 644. The highest BCUT2D eigenvalue weighted by Crippen LogP contribution is 2.29. The fourth-order valence-electron chi connectivity index (χ4n) is 3.80. The highest BCUT2D eigenvalue weighted by atomic mass is 35.5. The van der Waals surface area contributed by atoms with Gasteiger partial charge in [-0.2, -0.15) is 0 Å². The molecule has 4 rings (SSSR count). The van der Waals surface area contributed by atoms with E-state index in [9.17, 15) is 4.79 Å². The smallest absolute Gasteiger partial charge is 0.270 e. The third-order valence-corrected chi connectivity index (χ3v) is 4.90. The van der Waals surface area contributed by atoms with Crippen molar-refractivity contribution in [3.05, 3.63) is 17.1 Å². The van der Waals surface area contributed by atoms with Crippen molar-refractivity contribution in [3.8, 4) is 0 Å². The number of halogens is 2. The van der Waals surface area contributed by atoms with E-state index in [1.165, 1.54) is 0 Å². The lowest BCUT2D eigenvalue weighted by molar-refractivity contribution is 0.0212. The van der Waals surface area contributed by atoms with Crippen LogP contribution in [0.5, 0.6) is 0 Å². The SMILES string of the molecule is CC(C)Cc1nc2c(c(N3C[C@@H]4NCCO[C@H]4C3)n1)CCNC2=O.Cl.Cl. The van der Waals surface area contributed by atoms with Gasteiger partial charge >= 0.3 is 0 Å². The summed E-state index contributed by atoms with van der Waals surface area (Å²) in [7, 11) is 0. The van der Waals surface area contributed by atoms with Crippen LogP contribution in [-0.2, 0) is 17.6 Å². The molecule has 0 radical (unpaired) electrons. The van der Waals surface area contributed by atoms with Crippen LogP contribution >= 0.6 is 24.8 Å². The number of rotatable bonds is 3. The average Bonchev–Trinajstić information content (AvgIpc) is 2.98. The third kappa shape index (κ3) is 4.06. The standard InChI is InChI=1S/C17H25N5O2.2ClH/c1-10(2)7-14-20-15-11(3-4-19-17(15)23)16(21-14)22-8-12-13(9-22)24-6-5-18-12;;/h10,12-13,18H,3-9H2,1-2H3,(H,19,23);2*1H/t12-,13-;;/m0../s1. The molecule has 3 aliphatic heterocycles. The Labute approximate surface area is 166 Å². The van der Waals surface area contributed by atoms with Gasteiger partial charge in [0.15, 0.2) is 0 Å². The number of hydrogen-bond acceptors (Lipinski definition) is 6. The van der Waals surface area contributed by atoms with Crippen LogP contribution in [0.4, 0.5) is 5.82 Å². The summed E-state index contributed by atoms with van der Waals surface area (Å²) in [5, 5.41) is 6.43. The molecular formula is C17H27Cl2N5O2. The van der Waals surface area contributed by atoms with Crippen molar-refractivity contribution in [2.75, 3.05) is 37.7 Å². The van der Waals surface area contributed by atoms with Crippen molar-refractivity contribution < 1.29 is 9.53 Å². The Hall–Kier alpha value is -1.15. The number of aromatic nitrogens is 2. The second-order valence-corrected chi connectivity index (χ2v) is 7.27. The van der Waals surface area contributed by atoms with Crippen LogP contribution in [0.2, 0.25) is 0 Å². The number of nitrogens with zero attached hydrogens (tertiary/aromatic N) is 3. The van der Waals surface area contributed by atoms with Crippen LogP contribution in [0, 0.1) is 5.92 Å². The fourth-order valence-corrected chi connectivity index (χ4v) is 3.80. The van der Waals surface area contributed by atoms with Gasteiger partial charge < -0.3 is 20.3 Å². The summed E-state index contributed by atoms with van der Waals surface area (Å²) in [6.07, 6.45) is 1.77. The van der Waals surface area contributed by atoms with Gasteiger partial charge in [-0.05, 0) is 12.3 Å². The number of ether oxygens (including phenoxy) is 1. The molecule has 1 aromatic heterocycles. The second kappa shape index (κ2) is 8.69. The molecule has 26 heavy (non-hydrogen) atoms. The number of carbonyl (C=O) groups is 1. The molecule has 146 valence electrons. The lowest BCUT2D eigenvalue weighted by Gasteiger charge is -2.25. The Morgan fingerprint density at radius 2 is 2.04 bits per heavy atom. The zero-order chi connectivity index (χ0) is 16.7. The number of nitrogens with one attached hydrogen (secondary N) is 2. The normalized spacial score (nSPS) is 24.3. The van der Waals surface area contributed by atoms with Crippen LogP contribution in [0.25, 0.3) is 0 Å². The van der Waals surface area contributed by atoms with Crippen LogP contribution in [0.1, 0.15) is 35.7 Å². The van der Waals surface area contributed by atoms with Crippen molar-refractivity contribution >= 4 is 36.5 Å². The van der Waals surface area contributed by atoms with E-state index in [1.807, 2.05) is 0 Å². The largest absolute Gasteiger partial charge is 0.373 e. The number of morpholine rings is 1. The van der Waals surface area contributed by atoms with Gasteiger partial charge in [-0.25, -0.2) is 9.97 Å². The fraction of sp³-hybridized carbons (Fsp3) is 0.706. The molecule has 7 nitrogen and oxygen atoms in total. The first-order valence-corrected chi connectivity index (χ1v) is 8.89. The van der Waals surface area contributed by atoms with Gasteiger partial charge in [0.25, 0.3) is 5.91 Å². The quantitative estimate of drug-likeness (QED) is 0.782. The van der Waals surface area contributed by atoms with Gasteiger partial charge in [0, 0.05) is 38.2 Å². The summed E-state index contributed by atoms with van der Waals surface area (Å²) in [6.45, 7) is 8.30. The minimum atomic E-state index is -0.0732. The number of carbonyl (C=O) groups excluding carboxylic acids is 1. The maximum atomic E-state index is 12.3.